The third-order valence-corrected chi connectivity index (χ3v) is 5.10. The van der Waals surface area contributed by atoms with E-state index in [9.17, 15) is 5.26 Å². The second-order valence-electron chi connectivity index (χ2n) is 6.90. The average molecular weight is 301 g/mol. The average Bonchev–Trinajstić information content (AvgIpc) is 2.62. The molecule has 0 aromatic heterocycles. The van der Waals surface area contributed by atoms with Gasteiger partial charge in [0, 0.05) is 5.46 Å². The molecule has 0 aliphatic carbocycles. The molecule has 0 spiro atoms. The Hall–Kier alpha value is -1.51. The van der Waals surface area contributed by atoms with Gasteiger partial charge in [-0.2, -0.15) is 5.26 Å². The van der Waals surface area contributed by atoms with Gasteiger partial charge in [0.25, 0.3) is 0 Å². The van der Waals surface area contributed by atoms with E-state index in [1.54, 1.807) is 7.11 Å². The van der Waals surface area contributed by atoms with Crippen molar-refractivity contribution in [2.24, 2.45) is 0 Å². The molecule has 5 heteroatoms. The Morgan fingerprint density at radius 1 is 0.955 bits per heavy atom. The monoisotopic (exact) mass is 301 g/mol. The Morgan fingerprint density at radius 2 is 1.45 bits per heavy atom. The number of methoxy groups -OCH3 is 1. The van der Waals surface area contributed by atoms with Crippen molar-refractivity contribution in [2.45, 2.75) is 59.7 Å². The van der Waals surface area contributed by atoms with Gasteiger partial charge in [-0.05, 0) is 65.2 Å². The molecule has 1 aromatic rings. The van der Waals surface area contributed by atoms with Crippen LogP contribution in [0.4, 0.5) is 0 Å². The van der Waals surface area contributed by atoms with Gasteiger partial charge in [-0.3, -0.25) is 0 Å². The van der Waals surface area contributed by atoms with Gasteiger partial charge in [-0.1, -0.05) is 0 Å². The Morgan fingerprint density at radius 3 is 1.86 bits per heavy atom. The molecule has 1 fully saturated rings. The van der Waals surface area contributed by atoms with Crippen molar-refractivity contribution < 1.29 is 14.0 Å². The van der Waals surface area contributed by atoms with Gasteiger partial charge in [0.05, 0.1) is 29.9 Å². The van der Waals surface area contributed by atoms with Gasteiger partial charge in [0.1, 0.15) is 5.75 Å². The van der Waals surface area contributed by atoms with Crippen molar-refractivity contribution in [1.82, 2.24) is 0 Å². The van der Waals surface area contributed by atoms with Crippen LogP contribution >= 0.6 is 0 Å². The quantitative estimate of drug-likeness (QED) is 0.788. The second kappa shape index (κ2) is 5.29. The van der Waals surface area contributed by atoms with Gasteiger partial charge in [-0.25, -0.2) is 0 Å². The van der Waals surface area contributed by atoms with Crippen molar-refractivity contribution in [1.29, 1.82) is 5.26 Å². The van der Waals surface area contributed by atoms with Crippen LogP contribution in [0.5, 0.6) is 5.75 Å². The van der Waals surface area contributed by atoms with Crippen LogP contribution in [0.15, 0.2) is 0 Å². The van der Waals surface area contributed by atoms with Crippen LogP contribution in [0.1, 0.15) is 49.9 Å². The molecule has 0 N–H and O–H groups in total. The Kier molecular flexibility index (Phi) is 4.06. The Bertz CT molecular complexity index is 639. The largest absolute Gasteiger partial charge is 0.496 e. The van der Waals surface area contributed by atoms with Crippen LogP contribution < -0.4 is 10.2 Å². The summed E-state index contributed by atoms with van der Waals surface area (Å²) in [6, 6.07) is 2.31. The highest BCUT2D eigenvalue weighted by Gasteiger charge is 2.53. The highest BCUT2D eigenvalue weighted by Crippen LogP contribution is 2.38. The van der Waals surface area contributed by atoms with Crippen LogP contribution in [0.25, 0.3) is 0 Å². The molecular formula is C17H24BNO3. The summed E-state index contributed by atoms with van der Waals surface area (Å²) < 4.78 is 17.8. The lowest BCUT2D eigenvalue weighted by molar-refractivity contribution is 0.00578. The fraction of sp³-hybridized carbons (Fsp3) is 0.588. The van der Waals surface area contributed by atoms with Crippen molar-refractivity contribution in [3.05, 3.63) is 22.3 Å². The highest BCUT2D eigenvalue weighted by atomic mass is 16.7. The lowest BCUT2D eigenvalue weighted by atomic mass is 9.71. The van der Waals surface area contributed by atoms with Gasteiger partial charge in [0.2, 0.25) is 0 Å². The normalized spacial score (nSPS) is 19.1. The molecule has 0 unspecified atom stereocenters. The zero-order chi connectivity index (χ0) is 16.9. The van der Waals surface area contributed by atoms with E-state index in [1.807, 2.05) is 48.5 Å². The molecule has 1 aliphatic heterocycles. The molecule has 1 saturated heterocycles. The van der Waals surface area contributed by atoms with E-state index >= 15 is 0 Å². The first-order chi connectivity index (χ1) is 10.1. The number of hydrogen-bond acceptors (Lipinski definition) is 4. The lowest BCUT2D eigenvalue weighted by Gasteiger charge is -2.32. The summed E-state index contributed by atoms with van der Waals surface area (Å²) in [7, 11) is 1.09. The third-order valence-electron chi connectivity index (χ3n) is 5.10. The Balaban J connectivity index is 2.67. The van der Waals surface area contributed by atoms with E-state index in [4.69, 9.17) is 14.0 Å². The molecule has 22 heavy (non-hydrogen) atoms. The van der Waals surface area contributed by atoms with E-state index in [2.05, 4.69) is 6.07 Å². The van der Waals surface area contributed by atoms with E-state index < -0.39 is 18.3 Å². The van der Waals surface area contributed by atoms with Gasteiger partial charge in [-0.15, -0.1) is 0 Å². The molecule has 2 rings (SSSR count). The number of benzene rings is 1. The van der Waals surface area contributed by atoms with Gasteiger partial charge >= 0.3 is 7.12 Å². The van der Waals surface area contributed by atoms with E-state index in [0.717, 1.165) is 27.9 Å². The summed E-state index contributed by atoms with van der Waals surface area (Å²) in [6.45, 7) is 13.9. The summed E-state index contributed by atoms with van der Waals surface area (Å²) in [5.41, 5.74) is 3.31. The fourth-order valence-electron chi connectivity index (χ4n) is 2.86. The molecule has 1 heterocycles. The van der Waals surface area contributed by atoms with Crippen LogP contribution in [0, 0.1) is 32.1 Å². The highest BCUT2D eigenvalue weighted by molar-refractivity contribution is 6.63. The van der Waals surface area contributed by atoms with E-state index in [1.165, 1.54) is 0 Å². The topological polar surface area (TPSA) is 51.5 Å². The number of hydrogen-bond donors (Lipinski definition) is 0. The zero-order valence-electron chi connectivity index (χ0n) is 14.7. The molecule has 0 atom stereocenters. The SMILES string of the molecule is COc1c(C)c(C)c(C#N)c(B2OC(C)(C)C(C)(C)O2)c1C. The number of nitrogens with zero attached hydrogens (tertiary/aromatic N) is 1. The second-order valence-corrected chi connectivity index (χ2v) is 6.90. The molecule has 0 bridgehead atoms. The molecule has 4 nitrogen and oxygen atoms in total. The fourth-order valence-corrected chi connectivity index (χ4v) is 2.86. The maximum Gasteiger partial charge on any atom is 0.496 e. The third kappa shape index (κ3) is 2.31. The minimum atomic E-state index is -0.562. The number of ether oxygens (including phenoxy) is 1. The number of nitriles is 1. The molecule has 118 valence electrons. The van der Waals surface area contributed by atoms with Crippen LogP contribution in [-0.4, -0.2) is 25.4 Å². The molecular weight excluding hydrogens is 277 g/mol. The maximum atomic E-state index is 9.63. The van der Waals surface area contributed by atoms with E-state index in [0.29, 0.717) is 5.56 Å². The summed E-state index contributed by atoms with van der Waals surface area (Å²) in [6.07, 6.45) is 0. The minimum absolute atomic E-state index is 0.442. The smallest absolute Gasteiger partial charge is 0.496 e. The Labute approximate surface area is 133 Å². The first-order valence-corrected chi connectivity index (χ1v) is 7.50. The maximum absolute atomic E-state index is 9.63. The summed E-state index contributed by atoms with van der Waals surface area (Å²) >= 11 is 0. The summed E-state index contributed by atoms with van der Waals surface area (Å²) in [5, 5.41) is 9.63. The first-order valence-electron chi connectivity index (χ1n) is 7.50. The van der Waals surface area contributed by atoms with Crippen LogP contribution in [-0.2, 0) is 9.31 Å². The molecule has 0 saturated carbocycles. The molecule has 1 aromatic carbocycles. The summed E-state index contributed by atoms with van der Waals surface area (Å²) in [5.74, 6) is 0.793. The predicted molar refractivity (Wildman–Crippen MR) is 87.6 cm³/mol. The van der Waals surface area contributed by atoms with Crippen molar-refractivity contribution in [2.75, 3.05) is 7.11 Å². The van der Waals surface area contributed by atoms with E-state index in [-0.39, 0.29) is 0 Å². The van der Waals surface area contributed by atoms with Crippen molar-refractivity contribution in [3.63, 3.8) is 0 Å². The standard InChI is InChI=1S/C17H24BNO3/c1-10-11(2)15(20-8)12(3)14(13(10)9-19)18-21-16(4,5)17(6,7)22-18/h1-8H3. The van der Waals surface area contributed by atoms with Gasteiger partial charge in [0.15, 0.2) is 0 Å². The van der Waals surface area contributed by atoms with Crippen LogP contribution in [0.2, 0.25) is 0 Å². The molecule has 0 amide bonds. The lowest BCUT2D eigenvalue weighted by Crippen LogP contribution is -2.41. The van der Waals surface area contributed by atoms with Gasteiger partial charge < -0.3 is 14.0 Å². The first kappa shape index (κ1) is 16.9. The summed E-state index contributed by atoms with van der Waals surface area (Å²) in [4.78, 5) is 0. The van der Waals surface area contributed by atoms with Crippen LogP contribution in [0.3, 0.4) is 0 Å². The molecule has 1 aliphatic rings. The van der Waals surface area contributed by atoms with Crippen molar-refractivity contribution >= 4 is 12.6 Å². The predicted octanol–water partition coefficient (Wildman–Crippen LogP) is 2.79. The minimum Gasteiger partial charge on any atom is -0.496 e. The molecule has 0 radical (unpaired) electrons. The number of rotatable bonds is 2. The zero-order valence-corrected chi connectivity index (χ0v) is 14.7. The van der Waals surface area contributed by atoms with Crippen molar-refractivity contribution in [3.8, 4) is 11.8 Å².